The van der Waals surface area contributed by atoms with Crippen LogP contribution in [-0.2, 0) is 12.7 Å². The van der Waals surface area contributed by atoms with Gasteiger partial charge in [-0.1, -0.05) is 11.3 Å². The predicted molar refractivity (Wildman–Crippen MR) is 50.7 cm³/mol. The second kappa shape index (κ2) is 3.74. The van der Waals surface area contributed by atoms with Crippen LogP contribution in [0, 0.1) is 0 Å². The third kappa shape index (κ3) is 2.30. The molecule has 86 valence electrons. The Morgan fingerprint density at radius 1 is 1.38 bits per heavy atom. The number of hydrogen-bond acceptors (Lipinski definition) is 5. The van der Waals surface area contributed by atoms with E-state index in [4.69, 9.17) is 5.73 Å². The lowest BCUT2D eigenvalue weighted by atomic mass is 10.4. The Labute approximate surface area is 91.7 Å². The van der Waals surface area contributed by atoms with Crippen molar-refractivity contribution in [2.45, 2.75) is 12.7 Å². The number of halogens is 3. The number of nitrogens with two attached hydrogens (primary N) is 1. The molecule has 0 spiro atoms. The van der Waals surface area contributed by atoms with Crippen LogP contribution in [0.2, 0.25) is 0 Å². The Hall–Kier alpha value is -1.64. The minimum Gasteiger partial charge on any atom is -0.374 e. The van der Waals surface area contributed by atoms with E-state index in [2.05, 4.69) is 15.3 Å². The van der Waals surface area contributed by atoms with Crippen LogP contribution in [0.15, 0.2) is 12.3 Å². The van der Waals surface area contributed by atoms with Gasteiger partial charge in [0.05, 0.1) is 6.54 Å². The number of aromatic nitrogens is 4. The number of anilines is 1. The summed E-state index contributed by atoms with van der Waals surface area (Å²) in [4.78, 5) is 0. The smallest absolute Gasteiger partial charge is 0.374 e. The minimum atomic E-state index is -4.43. The van der Waals surface area contributed by atoms with Crippen LogP contribution in [0.3, 0.4) is 0 Å². The third-order valence-electron chi connectivity index (χ3n) is 1.71. The van der Waals surface area contributed by atoms with E-state index in [0.717, 1.165) is 22.1 Å². The summed E-state index contributed by atoms with van der Waals surface area (Å²) in [5, 5.41) is 11.4. The maximum absolute atomic E-state index is 12.2. The van der Waals surface area contributed by atoms with Gasteiger partial charge in [-0.3, -0.25) is 4.68 Å². The van der Waals surface area contributed by atoms with E-state index in [1.807, 2.05) is 0 Å². The maximum Gasteiger partial charge on any atom is 0.435 e. The average molecular weight is 249 g/mol. The van der Waals surface area contributed by atoms with Crippen molar-refractivity contribution in [1.29, 1.82) is 0 Å². The van der Waals surface area contributed by atoms with Crippen LogP contribution in [-0.4, -0.2) is 20.0 Å². The average Bonchev–Trinajstić information content (AvgIpc) is 2.74. The minimum absolute atomic E-state index is 0.130. The van der Waals surface area contributed by atoms with Gasteiger partial charge in [0.2, 0.25) is 5.13 Å². The maximum atomic E-state index is 12.2. The van der Waals surface area contributed by atoms with Crippen molar-refractivity contribution in [3.05, 3.63) is 23.0 Å². The molecule has 0 fully saturated rings. The van der Waals surface area contributed by atoms with Gasteiger partial charge in [-0.05, 0) is 6.07 Å². The zero-order chi connectivity index (χ0) is 11.8. The molecule has 0 unspecified atom stereocenters. The van der Waals surface area contributed by atoms with Gasteiger partial charge in [-0.15, -0.1) is 10.2 Å². The van der Waals surface area contributed by atoms with Crippen molar-refractivity contribution in [2.24, 2.45) is 0 Å². The summed E-state index contributed by atoms with van der Waals surface area (Å²) in [6.45, 7) is 0.130. The predicted octanol–water partition coefficient (Wildman–Crippen LogP) is 1.38. The molecule has 5 nitrogen and oxygen atoms in total. The first-order valence-corrected chi connectivity index (χ1v) is 4.95. The first kappa shape index (κ1) is 10.9. The Kier molecular flexibility index (Phi) is 2.54. The van der Waals surface area contributed by atoms with Gasteiger partial charge in [0.1, 0.15) is 5.01 Å². The van der Waals surface area contributed by atoms with Gasteiger partial charge in [0.25, 0.3) is 0 Å². The van der Waals surface area contributed by atoms with E-state index in [9.17, 15) is 13.2 Å². The monoisotopic (exact) mass is 249 g/mol. The zero-order valence-corrected chi connectivity index (χ0v) is 8.59. The molecule has 0 saturated heterocycles. The summed E-state index contributed by atoms with van der Waals surface area (Å²) in [6.07, 6.45) is -3.19. The fourth-order valence-electron chi connectivity index (χ4n) is 1.07. The van der Waals surface area contributed by atoms with Crippen molar-refractivity contribution in [3.63, 3.8) is 0 Å². The molecule has 9 heteroatoms. The Balaban J connectivity index is 2.14. The van der Waals surface area contributed by atoms with Crippen molar-refractivity contribution >= 4 is 16.5 Å². The largest absolute Gasteiger partial charge is 0.435 e. The lowest BCUT2D eigenvalue weighted by Crippen LogP contribution is -2.08. The molecular weight excluding hydrogens is 243 g/mol. The Morgan fingerprint density at radius 3 is 2.62 bits per heavy atom. The zero-order valence-electron chi connectivity index (χ0n) is 7.77. The van der Waals surface area contributed by atoms with E-state index in [0.29, 0.717) is 5.01 Å². The van der Waals surface area contributed by atoms with Gasteiger partial charge in [-0.2, -0.15) is 18.3 Å². The number of rotatable bonds is 2. The van der Waals surface area contributed by atoms with Crippen molar-refractivity contribution in [2.75, 3.05) is 5.73 Å². The van der Waals surface area contributed by atoms with Crippen molar-refractivity contribution in [1.82, 2.24) is 20.0 Å². The van der Waals surface area contributed by atoms with Crippen LogP contribution in [0.1, 0.15) is 10.7 Å². The second-order valence-electron chi connectivity index (χ2n) is 2.93. The number of alkyl halides is 3. The molecule has 2 aromatic heterocycles. The summed E-state index contributed by atoms with van der Waals surface area (Å²) >= 11 is 1.11. The molecule has 2 heterocycles. The Morgan fingerprint density at radius 2 is 2.12 bits per heavy atom. The van der Waals surface area contributed by atoms with E-state index in [-0.39, 0.29) is 11.7 Å². The Bertz CT molecular complexity index is 488. The summed E-state index contributed by atoms with van der Waals surface area (Å²) in [7, 11) is 0. The third-order valence-corrected chi connectivity index (χ3v) is 2.45. The summed E-state index contributed by atoms with van der Waals surface area (Å²) in [5.74, 6) is 0. The molecule has 0 aromatic carbocycles. The molecule has 2 rings (SSSR count). The van der Waals surface area contributed by atoms with Crippen LogP contribution in [0.25, 0.3) is 0 Å². The number of nitrogen functional groups attached to an aromatic ring is 1. The molecule has 0 aliphatic heterocycles. The fourth-order valence-corrected chi connectivity index (χ4v) is 1.67. The highest BCUT2D eigenvalue weighted by Crippen LogP contribution is 2.27. The van der Waals surface area contributed by atoms with E-state index < -0.39 is 11.9 Å². The summed E-state index contributed by atoms with van der Waals surface area (Å²) < 4.78 is 37.8. The second-order valence-corrected chi connectivity index (χ2v) is 4.02. The quantitative estimate of drug-likeness (QED) is 0.873. The SMILES string of the molecule is Nc1nnc(Cn2ccc(C(F)(F)F)n2)s1. The topological polar surface area (TPSA) is 69.6 Å². The first-order valence-electron chi connectivity index (χ1n) is 4.13. The van der Waals surface area contributed by atoms with Crippen LogP contribution >= 0.6 is 11.3 Å². The standard InChI is InChI=1S/C7H6F3N5S/c8-7(9,10)4-1-2-15(14-4)3-5-12-13-6(11)16-5/h1-2H,3H2,(H2,11,13). The van der Waals surface area contributed by atoms with Crippen molar-refractivity contribution in [3.8, 4) is 0 Å². The highest BCUT2D eigenvalue weighted by Gasteiger charge is 2.33. The molecule has 0 amide bonds. The highest BCUT2D eigenvalue weighted by atomic mass is 32.1. The van der Waals surface area contributed by atoms with Crippen LogP contribution in [0.5, 0.6) is 0 Å². The molecule has 2 aromatic rings. The van der Waals surface area contributed by atoms with Crippen LogP contribution < -0.4 is 5.73 Å². The molecular formula is C7H6F3N5S. The molecule has 0 saturated carbocycles. The van der Waals surface area contributed by atoms with E-state index in [1.165, 1.54) is 6.20 Å². The fraction of sp³-hybridized carbons (Fsp3) is 0.286. The summed E-state index contributed by atoms with van der Waals surface area (Å²) in [5.41, 5.74) is 4.42. The van der Waals surface area contributed by atoms with E-state index in [1.54, 1.807) is 0 Å². The molecule has 16 heavy (non-hydrogen) atoms. The molecule has 0 aliphatic carbocycles. The number of nitrogens with zero attached hydrogens (tertiary/aromatic N) is 4. The van der Waals surface area contributed by atoms with Gasteiger partial charge >= 0.3 is 6.18 Å². The lowest BCUT2D eigenvalue weighted by Gasteiger charge is -2.00. The normalized spacial score (nSPS) is 11.9. The molecule has 0 aliphatic rings. The summed E-state index contributed by atoms with van der Waals surface area (Å²) in [6, 6.07) is 0.907. The molecule has 2 N–H and O–H groups in total. The molecule has 0 radical (unpaired) electrons. The van der Waals surface area contributed by atoms with Gasteiger partial charge in [0, 0.05) is 6.20 Å². The molecule has 0 atom stereocenters. The van der Waals surface area contributed by atoms with Gasteiger partial charge < -0.3 is 5.73 Å². The van der Waals surface area contributed by atoms with Crippen molar-refractivity contribution < 1.29 is 13.2 Å². The molecule has 0 bridgehead atoms. The highest BCUT2D eigenvalue weighted by molar-refractivity contribution is 7.15. The first-order chi connectivity index (χ1) is 7.45. The van der Waals surface area contributed by atoms with E-state index >= 15 is 0 Å². The van der Waals surface area contributed by atoms with Gasteiger partial charge in [0.15, 0.2) is 5.69 Å². The van der Waals surface area contributed by atoms with Gasteiger partial charge in [-0.25, -0.2) is 0 Å². The lowest BCUT2D eigenvalue weighted by molar-refractivity contribution is -0.141. The van der Waals surface area contributed by atoms with Crippen LogP contribution in [0.4, 0.5) is 18.3 Å². The number of hydrogen-bond donors (Lipinski definition) is 1.